The Morgan fingerprint density at radius 1 is 1.14 bits per heavy atom. The molecular weight excluding hydrogens is 290 g/mol. The van der Waals surface area contributed by atoms with Gasteiger partial charge in [0.2, 0.25) is 10.0 Å². The van der Waals surface area contributed by atoms with Crippen molar-refractivity contribution < 1.29 is 18.3 Å². The van der Waals surface area contributed by atoms with Crippen molar-refractivity contribution in [2.75, 3.05) is 5.75 Å². The molecule has 5 nitrogen and oxygen atoms in total. The molecule has 0 aliphatic heterocycles. The van der Waals surface area contributed by atoms with Gasteiger partial charge in [-0.3, -0.25) is 4.79 Å². The number of rotatable bonds is 6. The van der Waals surface area contributed by atoms with Gasteiger partial charge in [0.25, 0.3) is 0 Å². The smallest absolute Gasteiger partial charge is 0.304 e. The Balaban J connectivity index is 1.83. The predicted octanol–water partition coefficient (Wildman–Crippen LogP) is 2.11. The summed E-state index contributed by atoms with van der Waals surface area (Å²) in [6, 6.07) is 10.2. The summed E-state index contributed by atoms with van der Waals surface area (Å²) in [5.74, 6) is -0.944. The average molecular weight is 311 g/mol. The molecule has 0 unspecified atom stereocenters. The zero-order valence-corrected chi connectivity index (χ0v) is 12.7. The molecule has 0 heterocycles. The number of carboxylic acid groups (broad SMARTS) is 1. The fraction of sp³-hybridized carbons (Fsp3) is 0.533. The fourth-order valence-corrected chi connectivity index (χ4v) is 4.11. The first kappa shape index (κ1) is 16.0. The molecular formula is C15H21NO4S. The van der Waals surface area contributed by atoms with Crippen LogP contribution in [0.25, 0.3) is 0 Å². The SMILES string of the molecule is O=C(O)CCS(=O)(=O)NC1CCC(c2ccccc2)CC1. The Morgan fingerprint density at radius 3 is 2.33 bits per heavy atom. The minimum atomic E-state index is -3.49. The summed E-state index contributed by atoms with van der Waals surface area (Å²) in [7, 11) is -3.49. The third-order valence-electron chi connectivity index (χ3n) is 3.93. The van der Waals surface area contributed by atoms with Crippen molar-refractivity contribution in [3.8, 4) is 0 Å². The van der Waals surface area contributed by atoms with Crippen LogP contribution in [-0.4, -0.2) is 31.3 Å². The van der Waals surface area contributed by atoms with Crippen LogP contribution in [0.2, 0.25) is 0 Å². The number of carbonyl (C=O) groups is 1. The molecule has 6 heteroatoms. The highest BCUT2D eigenvalue weighted by Crippen LogP contribution is 2.32. The van der Waals surface area contributed by atoms with Crippen molar-refractivity contribution in [1.82, 2.24) is 4.72 Å². The molecule has 0 radical (unpaired) electrons. The quantitative estimate of drug-likeness (QED) is 0.843. The second-order valence-electron chi connectivity index (χ2n) is 5.54. The van der Waals surface area contributed by atoms with Crippen molar-refractivity contribution in [2.45, 2.75) is 44.1 Å². The molecule has 1 aromatic rings. The maximum atomic E-state index is 11.8. The standard InChI is InChI=1S/C15H21NO4S/c17-15(18)10-11-21(19,20)16-14-8-6-13(7-9-14)12-4-2-1-3-5-12/h1-5,13-14,16H,6-11H2,(H,17,18). The van der Waals surface area contributed by atoms with E-state index in [4.69, 9.17) is 5.11 Å². The summed E-state index contributed by atoms with van der Waals surface area (Å²) in [5, 5.41) is 8.55. The van der Waals surface area contributed by atoms with Crippen LogP contribution in [0.4, 0.5) is 0 Å². The van der Waals surface area contributed by atoms with Crippen LogP contribution in [0, 0.1) is 0 Å². The molecule has 0 amide bonds. The minimum Gasteiger partial charge on any atom is -0.481 e. The Labute approximate surface area is 125 Å². The molecule has 0 saturated heterocycles. The van der Waals surface area contributed by atoms with Crippen LogP contribution in [0.3, 0.4) is 0 Å². The van der Waals surface area contributed by atoms with Gasteiger partial charge in [0.1, 0.15) is 0 Å². The first-order valence-corrected chi connectivity index (χ1v) is 8.88. The largest absolute Gasteiger partial charge is 0.481 e. The molecule has 1 fully saturated rings. The monoisotopic (exact) mass is 311 g/mol. The lowest BCUT2D eigenvalue weighted by atomic mass is 9.82. The molecule has 1 saturated carbocycles. The van der Waals surface area contributed by atoms with Gasteiger partial charge >= 0.3 is 5.97 Å². The Bertz CT molecular complexity index is 563. The Morgan fingerprint density at radius 2 is 1.76 bits per heavy atom. The summed E-state index contributed by atoms with van der Waals surface area (Å²) in [6.45, 7) is 0. The maximum absolute atomic E-state index is 11.8. The van der Waals surface area contributed by atoms with Crippen molar-refractivity contribution in [3.05, 3.63) is 35.9 Å². The van der Waals surface area contributed by atoms with Gasteiger partial charge in [-0.2, -0.15) is 0 Å². The van der Waals surface area contributed by atoms with Crippen LogP contribution >= 0.6 is 0 Å². The van der Waals surface area contributed by atoms with Crippen molar-refractivity contribution in [3.63, 3.8) is 0 Å². The Kier molecular flexibility index (Phi) is 5.36. The summed E-state index contributed by atoms with van der Waals surface area (Å²) >= 11 is 0. The third kappa shape index (κ3) is 5.13. The number of hydrogen-bond acceptors (Lipinski definition) is 3. The highest BCUT2D eigenvalue weighted by Gasteiger charge is 2.25. The number of hydrogen-bond donors (Lipinski definition) is 2. The van der Waals surface area contributed by atoms with Crippen LogP contribution in [0.15, 0.2) is 30.3 Å². The molecule has 2 N–H and O–H groups in total. The van der Waals surface area contributed by atoms with E-state index in [0.717, 1.165) is 25.7 Å². The Hall–Kier alpha value is -1.40. The van der Waals surface area contributed by atoms with Crippen LogP contribution < -0.4 is 4.72 Å². The van der Waals surface area contributed by atoms with Gasteiger partial charge in [-0.15, -0.1) is 0 Å². The molecule has 1 aliphatic rings. The fourth-order valence-electron chi connectivity index (χ4n) is 2.80. The second kappa shape index (κ2) is 7.04. The lowest BCUT2D eigenvalue weighted by molar-refractivity contribution is -0.136. The van der Waals surface area contributed by atoms with Gasteiger partial charge in [-0.05, 0) is 37.2 Å². The molecule has 0 aromatic heterocycles. The van der Waals surface area contributed by atoms with Crippen LogP contribution in [0.1, 0.15) is 43.6 Å². The van der Waals surface area contributed by atoms with E-state index < -0.39 is 16.0 Å². The number of sulfonamides is 1. The first-order chi connectivity index (χ1) is 9.96. The summed E-state index contributed by atoms with van der Waals surface area (Å²) in [4.78, 5) is 10.4. The number of nitrogens with one attached hydrogen (secondary N) is 1. The predicted molar refractivity (Wildman–Crippen MR) is 80.6 cm³/mol. The number of benzene rings is 1. The molecule has 1 aromatic carbocycles. The first-order valence-electron chi connectivity index (χ1n) is 7.23. The van der Waals surface area contributed by atoms with E-state index in [-0.39, 0.29) is 18.2 Å². The van der Waals surface area contributed by atoms with E-state index in [1.165, 1.54) is 5.56 Å². The van der Waals surface area contributed by atoms with Crippen molar-refractivity contribution in [2.24, 2.45) is 0 Å². The molecule has 0 atom stereocenters. The number of aliphatic carboxylic acids is 1. The van der Waals surface area contributed by atoms with E-state index in [1.807, 2.05) is 18.2 Å². The van der Waals surface area contributed by atoms with E-state index in [9.17, 15) is 13.2 Å². The van der Waals surface area contributed by atoms with Gasteiger partial charge in [-0.25, -0.2) is 13.1 Å². The van der Waals surface area contributed by atoms with Gasteiger partial charge in [-0.1, -0.05) is 30.3 Å². The summed E-state index contributed by atoms with van der Waals surface area (Å²) in [5.41, 5.74) is 1.31. The summed E-state index contributed by atoms with van der Waals surface area (Å²) < 4.78 is 26.2. The van der Waals surface area contributed by atoms with Gasteiger partial charge in [0.05, 0.1) is 12.2 Å². The zero-order chi connectivity index (χ0) is 15.3. The van der Waals surface area contributed by atoms with E-state index in [0.29, 0.717) is 5.92 Å². The molecule has 0 bridgehead atoms. The normalized spacial score (nSPS) is 22.9. The zero-order valence-electron chi connectivity index (χ0n) is 11.9. The summed E-state index contributed by atoms with van der Waals surface area (Å²) in [6.07, 6.45) is 3.15. The highest BCUT2D eigenvalue weighted by molar-refractivity contribution is 7.89. The average Bonchev–Trinajstić information content (AvgIpc) is 2.47. The van der Waals surface area contributed by atoms with E-state index in [2.05, 4.69) is 16.9 Å². The molecule has 0 spiro atoms. The number of carboxylic acids is 1. The van der Waals surface area contributed by atoms with Crippen molar-refractivity contribution in [1.29, 1.82) is 0 Å². The van der Waals surface area contributed by atoms with Crippen LogP contribution in [-0.2, 0) is 14.8 Å². The minimum absolute atomic E-state index is 0.0660. The molecule has 21 heavy (non-hydrogen) atoms. The van der Waals surface area contributed by atoms with E-state index >= 15 is 0 Å². The second-order valence-corrected chi connectivity index (χ2v) is 7.41. The van der Waals surface area contributed by atoms with Gasteiger partial charge in [0, 0.05) is 6.04 Å². The van der Waals surface area contributed by atoms with Crippen LogP contribution in [0.5, 0.6) is 0 Å². The van der Waals surface area contributed by atoms with Gasteiger partial charge < -0.3 is 5.11 Å². The highest BCUT2D eigenvalue weighted by atomic mass is 32.2. The molecule has 2 rings (SSSR count). The molecule has 116 valence electrons. The van der Waals surface area contributed by atoms with Crippen molar-refractivity contribution >= 4 is 16.0 Å². The lowest BCUT2D eigenvalue weighted by Crippen LogP contribution is -2.38. The maximum Gasteiger partial charge on any atom is 0.304 e. The van der Waals surface area contributed by atoms with Gasteiger partial charge in [0.15, 0.2) is 0 Å². The molecule has 1 aliphatic carbocycles. The van der Waals surface area contributed by atoms with E-state index in [1.54, 1.807) is 0 Å². The topological polar surface area (TPSA) is 83.5 Å². The lowest BCUT2D eigenvalue weighted by Gasteiger charge is -2.29. The third-order valence-corrected chi connectivity index (χ3v) is 5.36.